The van der Waals surface area contributed by atoms with Crippen LogP contribution in [0.3, 0.4) is 0 Å². The Morgan fingerprint density at radius 1 is 1.50 bits per heavy atom. The van der Waals surface area contributed by atoms with Crippen LogP contribution in [-0.4, -0.2) is 31.3 Å². The highest BCUT2D eigenvalue weighted by Gasteiger charge is 2.25. The highest BCUT2D eigenvalue weighted by Crippen LogP contribution is 2.30. The summed E-state index contributed by atoms with van der Waals surface area (Å²) in [6.45, 7) is 4.53. The molecule has 18 heavy (non-hydrogen) atoms. The Bertz CT molecular complexity index is 411. The van der Waals surface area contributed by atoms with E-state index in [-0.39, 0.29) is 6.10 Å². The van der Waals surface area contributed by atoms with Gasteiger partial charge in [-0.3, -0.25) is 0 Å². The third-order valence-corrected chi connectivity index (χ3v) is 4.06. The molecule has 1 fully saturated rings. The summed E-state index contributed by atoms with van der Waals surface area (Å²) in [7, 11) is 1.92. The maximum atomic E-state index is 10.0. The molecule has 0 amide bonds. The Morgan fingerprint density at radius 2 is 2.28 bits per heavy atom. The van der Waals surface area contributed by atoms with Crippen molar-refractivity contribution in [1.29, 1.82) is 0 Å². The van der Waals surface area contributed by atoms with Crippen LogP contribution in [0.15, 0.2) is 18.2 Å². The number of nitrogens with one attached hydrogen (secondary N) is 1. The molecule has 0 bridgehead atoms. The molecule has 2 rings (SSSR count). The van der Waals surface area contributed by atoms with E-state index in [1.807, 2.05) is 19.2 Å². The number of aliphatic hydroxyl groups is 1. The summed E-state index contributed by atoms with van der Waals surface area (Å²) in [5.41, 5.74) is 2.26. The first-order chi connectivity index (χ1) is 8.63. The van der Waals surface area contributed by atoms with E-state index in [2.05, 4.69) is 23.2 Å². The molecule has 3 nitrogen and oxygen atoms in total. The molecule has 100 valence electrons. The first kappa shape index (κ1) is 13.7. The largest absolute Gasteiger partial charge is 0.391 e. The molecule has 1 heterocycles. The van der Waals surface area contributed by atoms with Gasteiger partial charge in [0.25, 0.3) is 0 Å². The number of hydrogen-bond donors (Lipinski definition) is 2. The van der Waals surface area contributed by atoms with Gasteiger partial charge in [0.15, 0.2) is 0 Å². The van der Waals surface area contributed by atoms with E-state index in [1.54, 1.807) is 0 Å². The van der Waals surface area contributed by atoms with Gasteiger partial charge >= 0.3 is 0 Å². The minimum Gasteiger partial charge on any atom is -0.391 e. The zero-order valence-electron chi connectivity index (χ0n) is 11.0. The molecule has 2 N–H and O–H groups in total. The Hall–Kier alpha value is -0.770. The first-order valence-corrected chi connectivity index (χ1v) is 6.86. The maximum absolute atomic E-state index is 10.0. The molecule has 0 aromatic heterocycles. The van der Waals surface area contributed by atoms with Gasteiger partial charge in [-0.15, -0.1) is 0 Å². The van der Waals surface area contributed by atoms with Crippen LogP contribution in [0.25, 0.3) is 0 Å². The third-order valence-electron chi connectivity index (χ3n) is 3.71. The molecule has 0 radical (unpaired) electrons. The van der Waals surface area contributed by atoms with Crippen molar-refractivity contribution in [2.75, 3.05) is 25.0 Å². The van der Waals surface area contributed by atoms with E-state index in [0.29, 0.717) is 12.5 Å². The summed E-state index contributed by atoms with van der Waals surface area (Å²) in [6, 6.07) is 5.98. The van der Waals surface area contributed by atoms with Gasteiger partial charge in [0, 0.05) is 35.9 Å². The van der Waals surface area contributed by atoms with E-state index in [1.165, 1.54) is 0 Å². The molecule has 4 heteroatoms. The summed E-state index contributed by atoms with van der Waals surface area (Å²) in [5, 5.41) is 13.9. The number of piperidine rings is 1. The van der Waals surface area contributed by atoms with Crippen molar-refractivity contribution in [2.24, 2.45) is 5.92 Å². The zero-order valence-corrected chi connectivity index (χ0v) is 11.7. The molecule has 2 unspecified atom stereocenters. The van der Waals surface area contributed by atoms with Crippen LogP contribution >= 0.6 is 11.6 Å². The zero-order chi connectivity index (χ0) is 13.1. The van der Waals surface area contributed by atoms with Crippen molar-refractivity contribution in [2.45, 2.75) is 26.0 Å². The number of benzene rings is 1. The molecule has 1 aliphatic rings. The maximum Gasteiger partial charge on any atom is 0.0741 e. The van der Waals surface area contributed by atoms with E-state index in [0.717, 1.165) is 35.8 Å². The quantitative estimate of drug-likeness (QED) is 0.883. The summed E-state index contributed by atoms with van der Waals surface area (Å²) in [6.07, 6.45) is 0.771. The second kappa shape index (κ2) is 5.91. The van der Waals surface area contributed by atoms with Crippen molar-refractivity contribution in [1.82, 2.24) is 5.32 Å². The summed E-state index contributed by atoms with van der Waals surface area (Å²) >= 11 is 6.26. The minimum absolute atomic E-state index is 0.250. The summed E-state index contributed by atoms with van der Waals surface area (Å²) < 4.78 is 0. The van der Waals surface area contributed by atoms with E-state index >= 15 is 0 Å². The lowest BCUT2D eigenvalue weighted by Gasteiger charge is -2.37. The number of β-amino-alcohol motifs (C(OH)–C–C–N with tert-alkyl or cyclic N) is 1. The second-order valence-corrected chi connectivity index (χ2v) is 5.45. The monoisotopic (exact) mass is 268 g/mol. The SMILES string of the molecule is CNCc1c(Cl)cccc1N1CCC(C)C(O)C1. The van der Waals surface area contributed by atoms with E-state index in [9.17, 15) is 5.11 Å². The molecule has 1 aromatic rings. The summed E-state index contributed by atoms with van der Waals surface area (Å²) in [4.78, 5) is 2.24. The number of aliphatic hydroxyl groups excluding tert-OH is 1. The fraction of sp³-hybridized carbons (Fsp3) is 0.571. The molecular formula is C14H21ClN2O. The van der Waals surface area contributed by atoms with Crippen LogP contribution < -0.4 is 10.2 Å². The van der Waals surface area contributed by atoms with Crippen molar-refractivity contribution in [3.05, 3.63) is 28.8 Å². The number of nitrogens with zero attached hydrogens (tertiary/aromatic N) is 1. The molecule has 1 aromatic carbocycles. The van der Waals surface area contributed by atoms with Crippen LogP contribution in [0.1, 0.15) is 18.9 Å². The van der Waals surface area contributed by atoms with Crippen molar-refractivity contribution >= 4 is 17.3 Å². The highest BCUT2D eigenvalue weighted by atomic mass is 35.5. The molecule has 1 aliphatic heterocycles. The number of anilines is 1. The number of hydrogen-bond acceptors (Lipinski definition) is 3. The number of halogens is 1. The van der Waals surface area contributed by atoms with E-state index < -0.39 is 0 Å². The van der Waals surface area contributed by atoms with E-state index in [4.69, 9.17) is 11.6 Å². The minimum atomic E-state index is -0.250. The lowest BCUT2D eigenvalue weighted by molar-refractivity contribution is 0.103. The average Bonchev–Trinajstić information content (AvgIpc) is 2.35. The van der Waals surface area contributed by atoms with Crippen LogP contribution in [0.5, 0.6) is 0 Å². The number of rotatable bonds is 3. The van der Waals surface area contributed by atoms with Crippen LogP contribution in [0.4, 0.5) is 5.69 Å². The lowest BCUT2D eigenvalue weighted by Crippen LogP contribution is -2.43. The van der Waals surface area contributed by atoms with Crippen molar-refractivity contribution in [3.63, 3.8) is 0 Å². The summed E-state index contributed by atoms with van der Waals surface area (Å²) in [5.74, 6) is 0.383. The fourth-order valence-corrected chi connectivity index (χ4v) is 2.70. The standard InChI is InChI=1S/C14H21ClN2O/c1-10-6-7-17(9-14(10)18)13-5-3-4-12(15)11(13)8-16-2/h3-5,10,14,16,18H,6-9H2,1-2H3. The smallest absolute Gasteiger partial charge is 0.0741 e. The van der Waals surface area contributed by atoms with Crippen LogP contribution in [-0.2, 0) is 6.54 Å². The second-order valence-electron chi connectivity index (χ2n) is 5.05. The topological polar surface area (TPSA) is 35.5 Å². The Balaban J connectivity index is 2.25. The van der Waals surface area contributed by atoms with Gasteiger partial charge in [-0.05, 0) is 31.5 Å². The Kier molecular flexibility index (Phi) is 4.49. The Labute approximate surface area is 114 Å². The molecule has 0 saturated carbocycles. The first-order valence-electron chi connectivity index (χ1n) is 6.48. The van der Waals surface area contributed by atoms with Crippen molar-refractivity contribution in [3.8, 4) is 0 Å². The van der Waals surface area contributed by atoms with Gasteiger partial charge in [-0.25, -0.2) is 0 Å². The highest BCUT2D eigenvalue weighted by molar-refractivity contribution is 6.31. The Morgan fingerprint density at radius 3 is 2.94 bits per heavy atom. The third kappa shape index (κ3) is 2.79. The molecular weight excluding hydrogens is 248 g/mol. The lowest BCUT2D eigenvalue weighted by atomic mass is 9.95. The van der Waals surface area contributed by atoms with Gasteiger partial charge in [0.1, 0.15) is 0 Å². The van der Waals surface area contributed by atoms with Gasteiger partial charge < -0.3 is 15.3 Å². The van der Waals surface area contributed by atoms with Gasteiger partial charge in [-0.1, -0.05) is 24.6 Å². The molecule has 0 spiro atoms. The average molecular weight is 269 g/mol. The fourth-order valence-electron chi connectivity index (χ4n) is 2.46. The molecule has 2 atom stereocenters. The predicted octanol–water partition coefficient (Wildman–Crippen LogP) is 2.27. The predicted molar refractivity (Wildman–Crippen MR) is 76.2 cm³/mol. The molecule has 0 aliphatic carbocycles. The van der Waals surface area contributed by atoms with Crippen LogP contribution in [0, 0.1) is 5.92 Å². The van der Waals surface area contributed by atoms with Crippen LogP contribution in [0.2, 0.25) is 5.02 Å². The normalized spacial score (nSPS) is 24.3. The van der Waals surface area contributed by atoms with Crippen molar-refractivity contribution < 1.29 is 5.11 Å². The van der Waals surface area contributed by atoms with Gasteiger partial charge in [0.2, 0.25) is 0 Å². The molecule has 1 saturated heterocycles. The van der Waals surface area contributed by atoms with Gasteiger partial charge in [0.05, 0.1) is 6.10 Å². The van der Waals surface area contributed by atoms with Gasteiger partial charge in [-0.2, -0.15) is 0 Å².